The fraction of sp³-hybridized carbons (Fsp3) is 0.450. The van der Waals surface area contributed by atoms with Gasteiger partial charge in [-0.15, -0.1) is 0 Å². The third-order valence-electron chi connectivity index (χ3n) is 5.69. The van der Waals surface area contributed by atoms with Gasteiger partial charge in [0, 0.05) is 42.0 Å². The molecule has 4 nitrogen and oxygen atoms in total. The molecule has 3 heterocycles. The van der Waals surface area contributed by atoms with Gasteiger partial charge in [-0.25, -0.2) is 0 Å². The summed E-state index contributed by atoms with van der Waals surface area (Å²) in [6.45, 7) is 3.02. The number of rotatable bonds is 4. The number of fused-ring (bicyclic) bond motifs is 1. The Morgan fingerprint density at radius 2 is 2.00 bits per heavy atom. The van der Waals surface area contributed by atoms with Gasteiger partial charge in [-0.3, -0.25) is 4.79 Å². The molecule has 25 heavy (non-hydrogen) atoms. The van der Waals surface area contributed by atoms with E-state index in [2.05, 4.69) is 34.0 Å². The second-order valence-electron chi connectivity index (χ2n) is 7.30. The van der Waals surface area contributed by atoms with Crippen molar-refractivity contribution in [3.8, 4) is 11.3 Å². The molecule has 132 valence electrons. The van der Waals surface area contributed by atoms with Gasteiger partial charge in [0.1, 0.15) is 0 Å². The number of amides is 1. The molecule has 1 N–H and O–H groups in total. The normalized spacial score (nSPS) is 23.2. The summed E-state index contributed by atoms with van der Waals surface area (Å²) in [5.74, 6) is 0.960. The van der Waals surface area contributed by atoms with E-state index in [0.29, 0.717) is 18.4 Å². The van der Waals surface area contributed by atoms with Crippen molar-refractivity contribution in [3.05, 3.63) is 47.1 Å². The lowest BCUT2D eigenvalue weighted by atomic mass is 10.1. The maximum Gasteiger partial charge on any atom is 0.223 e. The Hall–Kier alpha value is -1.78. The van der Waals surface area contributed by atoms with E-state index in [1.807, 2.05) is 24.3 Å². The Balaban J connectivity index is 1.33. The number of aromatic amines is 1. The zero-order valence-corrected chi connectivity index (χ0v) is 15.3. The Morgan fingerprint density at radius 3 is 2.76 bits per heavy atom. The molecular formula is C20H24ClN3O. The van der Waals surface area contributed by atoms with Crippen molar-refractivity contribution < 1.29 is 4.79 Å². The lowest BCUT2D eigenvalue weighted by Crippen LogP contribution is -2.35. The minimum atomic E-state index is 0.283. The summed E-state index contributed by atoms with van der Waals surface area (Å²) >= 11 is 5.94. The van der Waals surface area contributed by atoms with E-state index in [-0.39, 0.29) is 5.91 Å². The number of likely N-dealkylation sites (tertiary alicyclic amines) is 2. The van der Waals surface area contributed by atoms with Crippen molar-refractivity contribution in [1.29, 1.82) is 0 Å². The number of nitrogens with one attached hydrogen (secondary N) is 1. The smallest absolute Gasteiger partial charge is 0.223 e. The van der Waals surface area contributed by atoms with Gasteiger partial charge in [0.2, 0.25) is 5.91 Å². The zero-order chi connectivity index (χ0) is 17.4. The predicted octanol–water partition coefficient (Wildman–Crippen LogP) is 3.43. The predicted molar refractivity (Wildman–Crippen MR) is 101 cm³/mol. The SMILES string of the molecule is CN1CC[C@H]2CN(C(=O)CCc3ccc(-c4ccc(Cl)cc4)[nH]3)C[C@H]21. The van der Waals surface area contributed by atoms with Crippen LogP contribution in [0.4, 0.5) is 0 Å². The number of aryl methyl sites for hydroxylation is 1. The molecule has 0 spiro atoms. The van der Waals surface area contributed by atoms with Crippen LogP contribution in [-0.4, -0.2) is 53.4 Å². The van der Waals surface area contributed by atoms with E-state index in [1.165, 1.54) is 13.0 Å². The average Bonchev–Trinajstić information content (AvgIpc) is 3.31. The average molecular weight is 358 g/mol. The highest BCUT2D eigenvalue weighted by Gasteiger charge is 2.40. The van der Waals surface area contributed by atoms with E-state index < -0.39 is 0 Å². The van der Waals surface area contributed by atoms with E-state index >= 15 is 0 Å². The zero-order valence-electron chi connectivity index (χ0n) is 14.5. The van der Waals surface area contributed by atoms with Crippen LogP contribution in [0.3, 0.4) is 0 Å². The van der Waals surface area contributed by atoms with Crippen LogP contribution in [0.1, 0.15) is 18.5 Å². The summed E-state index contributed by atoms with van der Waals surface area (Å²) in [4.78, 5) is 20.4. The third-order valence-corrected chi connectivity index (χ3v) is 5.94. The molecule has 2 fully saturated rings. The number of hydrogen-bond acceptors (Lipinski definition) is 2. The van der Waals surface area contributed by atoms with Crippen LogP contribution in [0.15, 0.2) is 36.4 Å². The molecule has 2 aliphatic heterocycles. The van der Waals surface area contributed by atoms with Crippen molar-refractivity contribution in [2.45, 2.75) is 25.3 Å². The minimum absolute atomic E-state index is 0.283. The van der Waals surface area contributed by atoms with Crippen molar-refractivity contribution in [2.24, 2.45) is 5.92 Å². The molecule has 5 heteroatoms. The van der Waals surface area contributed by atoms with Crippen LogP contribution in [0.25, 0.3) is 11.3 Å². The summed E-state index contributed by atoms with van der Waals surface area (Å²) in [5, 5.41) is 0.738. The number of aromatic nitrogens is 1. The molecule has 2 aliphatic rings. The van der Waals surface area contributed by atoms with E-state index in [9.17, 15) is 4.79 Å². The van der Waals surface area contributed by atoms with E-state index in [1.54, 1.807) is 0 Å². The molecular weight excluding hydrogens is 334 g/mol. The first-order chi connectivity index (χ1) is 12.1. The van der Waals surface area contributed by atoms with Gasteiger partial charge in [0.15, 0.2) is 0 Å². The minimum Gasteiger partial charge on any atom is -0.358 e. The Labute approximate surface area is 153 Å². The van der Waals surface area contributed by atoms with Crippen molar-refractivity contribution in [3.63, 3.8) is 0 Å². The molecule has 0 bridgehead atoms. The number of carbonyl (C=O) groups excluding carboxylic acids is 1. The Bertz CT molecular complexity index is 755. The van der Waals surface area contributed by atoms with Crippen LogP contribution >= 0.6 is 11.6 Å². The second kappa shape index (κ2) is 6.85. The first kappa shape index (κ1) is 16.7. The van der Waals surface area contributed by atoms with Crippen LogP contribution in [0.2, 0.25) is 5.02 Å². The highest BCUT2D eigenvalue weighted by molar-refractivity contribution is 6.30. The number of likely N-dealkylation sites (N-methyl/N-ethyl adjacent to an activating group) is 1. The van der Waals surface area contributed by atoms with Gasteiger partial charge in [0.25, 0.3) is 0 Å². The number of carbonyl (C=O) groups is 1. The van der Waals surface area contributed by atoms with Gasteiger partial charge in [-0.2, -0.15) is 0 Å². The molecule has 2 aromatic rings. The first-order valence-corrected chi connectivity index (χ1v) is 9.40. The van der Waals surface area contributed by atoms with E-state index in [4.69, 9.17) is 11.6 Å². The highest BCUT2D eigenvalue weighted by atomic mass is 35.5. The maximum absolute atomic E-state index is 12.5. The number of H-pyrrole nitrogens is 1. The van der Waals surface area contributed by atoms with Crippen molar-refractivity contribution in [2.75, 3.05) is 26.7 Å². The molecule has 1 aromatic carbocycles. The number of hydrogen-bond donors (Lipinski definition) is 1. The molecule has 2 saturated heterocycles. The maximum atomic E-state index is 12.5. The fourth-order valence-corrected chi connectivity index (χ4v) is 4.29. The fourth-order valence-electron chi connectivity index (χ4n) is 4.16. The van der Waals surface area contributed by atoms with E-state index in [0.717, 1.165) is 41.5 Å². The van der Waals surface area contributed by atoms with Crippen molar-refractivity contribution in [1.82, 2.24) is 14.8 Å². The summed E-state index contributed by atoms with van der Waals surface area (Å²) in [7, 11) is 2.18. The number of benzene rings is 1. The van der Waals surface area contributed by atoms with Gasteiger partial charge >= 0.3 is 0 Å². The van der Waals surface area contributed by atoms with Crippen LogP contribution in [-0.2, 0) is 11.2 Å². The van der Waals surface area contributed by atoms with Gasteiger partial charge < -0.3 is 14.8 Å². The third kappa shape index (κ3) is 3.46. The largest absolute Gasteiger partial charge is 0.358 e. The topological polar surface area (TPSA) is 39.3 Å². The lowest BCUT2D eigenvalue weighted by molar-refractivity contribution is -0.130. The van der Waals surface area contributed by atoms with Crippen LogP contribution in [0.5, 0.6) is 0 Å². The monoisotopic (exact) mass is 357 g/mol. The number of nitrogens with zero attached hydrogens (tertiary/aromatic N) is 2. The molecule has 4 rings (SSSR count). The molecule has 0 saturated carbocycles. The number of halogens is 1. The standard InChI is InChI=1S/C20H24ClN3O/c1-23-11-10-15-12-24(13-19(15)23)20(25)9-7-17-6-8-18(22-17)14-2-4-16(21)5-3-14/h2-6,8,15,19,22H,7,9-13H2,1H3/t15-,19+/m0/s1. The first-order valence-electron chi connectivity index (χ1n) is 9.02. The Morgan fingerprint density at radius 1 is 1.20 bits per heavy atom. The molecule has 2 atom stereocenters. The summed E-state index contributed by atoms with van der Waals surface area (Å²) in [5.41, 5.74) is 3.28. The second-order valence-corrected chi connectivity index (χ2v) is 7.74. The lowest BCUT2D eigenvalue weighted by Gasteiger charge is -2.20. The quantitative estimate of drug-likeness (QED) is 0.910. The molecule has 1 amide bonds. The van der Waals surface area contributed by atoms with Gasteiger partial charge in [-0.05, 0) is 62.2 Å². The van der Waals surface area contributed by atoms with Crippen LogP contribution < -0.4 is 0 Å². The summed E-state index contributed by atoms with van der Waals surface area (Å²) < 4.78 is 0. The van der Waals surface area contributed by atoms with Gasteiger partial charge in [0.05, 0.1) is 0 Å². The summed E-state index contributed by atoms with van der Waals surface area (Å²) in [6.07, 6.45) is 2.56. The Kier molecular flexibility index (Phi) is 4.57. The van der Waals surface area contributed by atoms with Crippen LogP contribution in [0, 0.1) is 5.92 Å². The van der Waals surface area contributed by atoms with Gasteiger partial charge in [-0.1, -0.05) is 23.7 Å². The molecule has 1 aromatic heterocycles. The van der Waals surface area contributed by atoms with Crippen molar-refractivity contribution >= 4 is 17.5 Å². The summed E-state index contributed by atoms with van der Waals surface area (Å²) in [6, 6.07) is 12.5. The molecule has 0 unspecified atom stereocenters. The molecule has 0 aliphatic carbocycles. The highest BCUT2D eigenvalue weighted by Crippen LogP contribution is 2.30. The molecule has 0 radical (unpaired) electrons.